The second-order valence-corrected chi connectivity index (χ2v) is 6.29. The third-order valence-electron chi connectivity index (χ3n) is 4.33. The number of halogens is 1. The van der Waals surface area contributed by atoms with E-state index in [1.807, 2.05) is 12.1 Å². The summed E-state index contributed by atoms with van der Waals surface area (Å²) in [6.45, 7) is 1.92. The number of nitriles is 1. The van der Waals surface area contributed by atoms with Gasteiger partial charge >= 0.3 is 0 Å². The minimum absolute atomic E-state index is 0.627. The van der Waals surface area contributed by atoms with Crippen molar-refractivity contribution >= 4 is 11.6 Å². The maximum absolute atomic E-state index is 8.81. The van der Waals surface area contributed by atoms with Gasteiger partial charge in [0.25, 0.3) is 0 Å². The molecule has 2 fully saturated rings. The van der Waals surface area contributed by atoms with E-state index in [1.165, 1.54) is 25.7 Å². The molecule has 3 rings (SSSR count). The van der Waals surface area contributed by atoms with Crippen molar-refractivity contribution in [2.45, 2.75) is 32.2 Å². The van der Waals surface area contributed by atoms with Crippen LogP contribution in [0.3, 0.4) is 0 Å². The maximum atomic E-state index is 8.81. The minimum atomic E-state index is 0.627. The van der Waals surface area contributed by atoms with Crippen molar-refractivity contribution in [3.63, 3.8) is 0 Å². The summed E-state index contributed by atoms with van der Waals surface area (Å²) in [6.07, 6.45) is 5.72. The minimum Gasteiger partial charge on any atom is -0.312 e. The van der Waals surface area contributed by atoms with Crippen LogP contribution in [0.15, 0.2) is 18.2 Å². The van der Waals surface area contributed by atoms with E-state index in [0.717, 1.165) is 36.4 Å². The molecule has 0 aromatic heterocycles. The Morgan fingerprint density at radius 2 is 1.95 bits per heavy atom. The van der Waals surface area contributed by atoms with Gasteiger partial charge in [-0.05, 0) is 67.7 Å². The van der Waals surface area contributed by atoms with Gasteiger partial charge in [-0.15, -0.1) is 0 Å². The van der Waals surface area contributed by atoms with E-state index in [4.69, 9.17) is 16.9 Å². The van der Waals surface area contributed by atoms with E-state index in [1.54, 1.807) is 6.07 Å². The maximum Gasteiger partial charge on any atom is 0.0992 e. The number of nitrogens with zero attached hydrogens (tertiary/aromatic N) is 1. The molecule has 0 radical (unpaired) electrons. The highest BCUT2D eigenvalue weighted by molar-refractivity contribution is 6.31. The molecule has 3 heteroatoms. The van der Waals surface area contributed by atoms with Crippen LogP contribution in [0.1, 0.15) is 36.8 Å². The molecule has 2 aliphatic carbocycles. The number of hydrogen-bond donors (Lipinski definition) is 1. The monoisotopic (exact) mass is 274 g/mol. The van der Waals surface area contributed by atoms with Gasteiger partial charge in [0, 0.05) is 11.6 Å². The summed E-state index contributed by atoms with van der Waals surface area (Å²) in [5.74, 6) is 2.85. The molecule has 0 atom stereocenters. The fourth-order valence-electron chi connectivity index (χ4n) is 2.90. The molecule has 0 bridgehead atoms. The van der Waals surface area contributed by atoms with E-state index >= 15 is 0 Å². The number of rotatable bonds is 6. The van der Waals surface area contributed by atoms with Gasteiger partial charge in [-0.3, -0.25) is 0 Å². The van der Waals surface area contributed by atoms with Gasteiger partial charge in [0.1, 0.15) is 0 Å². The van der Waals surface area contributed by atoms with Gasteiger partial charge in [-0.1, -0.05) is 17.7 Å². The highest BCUT2D eigenvalue weighted by Gasteiger charge is 2.40. The largest absolute Gasteiger partial charge is 0.312 e. The van der Waals surface area contributed by atoms with E-state index in [2.05, 4.69) is 11.4 Å². The molecule has 2 nitrogen and oxygen atoms in total. The summed E-state index contributed by atoms with van der Waals surface area (Å²) in [4.78, 5) is 0. The Hall–Kier alpha value is -1.04. The van der Waals surface area contributed by atoms with Gasteiger partial charge in [-0.2, -0.15) is 5.26 Å². The molecule has 1 aromatic carbocycles. The lowest BCUT2D eigenvalue weighted by Gasteiger charge is -2.16. The average molecular weight is 275 g/mol. The van der Waals surface area contributed by atoms with Crippen LogP contribution in [0.25, 0.3) is 0 Å². The molecule has 19 heavy (non-hydrogen) atoms. The Kier molecular flexibility index (Phi) is 3.77. The Balaban J connectivity index is 1.52. The quantitative estimate of drug-likeness (QED) is 0.858. The summed E-state index contributed by atoms with van der Waals surface area (Å²) < 4.78 is 0. The molecular weight excluding hydrogens is 256 g/mol. The summed E-state index contributed by atoms with van der Waals surface area (Å²) in [6, 6.07) is 7.65. The molecule has 0 unspecified atom stereocenters. The highest BCUT2D eigenvalue weighted by Crippen LogP contribution is 2.48. The molecule has 1 N–H and O–H groups in total. The average Bonchev–Trinajstić information content (AvgIpc) is 3.28. The van der Waals surface area contributed by atoms with Crippen LogP contribution >= 0.6 is 11.6 Å². The molecule has 0 amide bonds. The van der Waals surface area contributed by atoms with Gasteiger partial charge in [-0.25, -0.2) is 0 Å². The molecule has 0 spiro atoms. The van der Waals surface area contributed by atoms with Gasteiger partial charge in [0.05, 0.1) is 11.6 Å². The van der Waals surface area contributed by atoms with Crippen molar-refractivity contribution in [3.8, 4) is 6.07 Å². The van der Waals surface area contributed by atoms with Crippen LogP contribution < -0.4 is 5.32 Å². The number of nitrogens with one attached hydrogen (secondary N) is 1. The topological polar surface area (TPSA) is 35.8 Å². The lowest BCUT2D eigenvalue weighted by molar-refractivity contribution is 0.378. The molecule has 0 heterocycles. The van der Waals surface area contributed by atoms with Crippen molar-refractivity contribution in [2.75, 3.05) is 6.54 Å². The van der Waals surface area contributed by atoms with Crippen LogP contribution in [-0.2, 0) is 6.54 Å². The second kappa shape index (κ2) is 5.53. The molecule has 100 valence electrons. The standard InChI is InChI=1S/C16H19ClN2/c17-16-7-11(8-18)1-2-14(16)9-19-10-15(12-3-4-12)13-5-6-13/h1-2,7,12-13,15,19H,3-6,9-10H2. The molecule has 0 saturated heterocycles. The van der Waals surface area contributed by atoms with Crippen molar-refractivity contribution in [2.24, 2.45) is 17.8 Å². The first-order chi connectivity index (χ1) is 9.28. The van der Waals surface area contributed by atoms with Crippen molar-refractivity contribution in [1.29, 1.82) is 5.26 Å². The fraction of sp³-hybridized carbons (Fsp3) is 0.562. The third kappa shape index (κ3) is 3.29. The Morgan fingerprint density at radius 1 is 1.26 bits per heavy atom. The summed E-state index contributed by atoms with van der Waals surface area (Å²) >= 11 is 6.18. The first-order valence-electron chi connectivity index (χ1n) is 7.17. The van der Waals surface area contributed by atoms with Crippen LogP contribution in [-0.4, -0.2) is 6.54 Å². The molecule has 0 aliphatic heterocycles. The van der Waals surface area contributed by atoms with E-state index in [9.17, 15) is 0 Å². The summed E-state index contributed by atoms with van der Waals surface area (Å²) in [7, 11) is 0. The SMILES string of the molecule is N#Cc1ccc(CNCC(C2CC2)C2CC2)c(Cl)c1. The second-order valence-electron chi connectivity index (χ2n) is 5.89. The van der Waals surface area contributed by atoms with Crippen molar-refractivity contribution < 1.29 is 0 Å². The van der Waals surface area contributed by atoms with Crippen LogP contribution in [0.5, 0.6) is 0 Å². The van der Waals surface area contributed by atoms with Crippen LogP contribution in [0.2, 0.25) is 5.02 Å². The zero-order chi connectivity index (χ0) is 13.2. The van der Waals surface area contributed by atoms with E-state index in [-0.39, 0.29) is 0 Å². The lowest BCUT2D eigenvalue weighted by Crippen LogP contribution is -2.25. The third-order valence-corrected chi connectivity index (χ3v) is 4.68. The van der Waals surface area contributed by atoms with Crippen LogP contribution in [0.4, 0.5) is 0 Å². The summed E-state index contributed by atoms with van der Waals surface area (Å²) in [5, 5.41) is 13.1. The first kappa shape index (κ1) is 13.0. The van der Waals surface area contributed by atoms with Crippen LogP contribution in [0, 0.1) is 29.1 Å². The van der Waals surface area contributed by atoms with E-state index < -0.39 is 0 Å². The predicted octanol–water partition coefficient (Wildman–Crippen LogP) is 3.74. The molecular formula is C16H19ClN2. The molecule has 2 aliphatic rings. The lowest BCUT2D eigenvalue weighted by atomic mass is 9.98. The van der Waals surface area contributed by atoms with E-state index in [0.29, 0.717) is 10.6 Å². The van der Waals surface area contributed by atoms with Crippen molar-refractivity contribution in [3.05, 3.63) is 34.3 Å². The predicted molar refractivity (Wildman–Crippen MR) is 76.8 cm³/mol. The zero-order valence-corrected chi connectivity index (χ0v) is 11.8. The Labute approximate surface area is 119 Å². The Bertz CT molecular complexity index is 486. The number of benzene rings is 1. The number of hydrogen-bond acceptors (Lipinski definition) is 2. The van der Waals surface area contributed by atoms with Gasteiger partial charge in [0.15, 0.2) is 0 Å². The Morgan fingerprint density at radius 3 is 2.47 bits per heavy atom. The normalized spacial score (nSPS) is 18.6. The van der Waals surface area contributed by atoms with Crippen molar-refractivity contribution in [1.82, 2.24) is 5.32 Å². The fourth-order valence-corrected chi connectivity index (χ4v) is 3.15. The summed E-state index contributed by atoms with van der Waals surface area (Å²) in [5.41, 5.74) is 1.72. The van der Waals surface area contributed by atoms with Gasteiger partial charge in [0.2, 0.25) is 0 Å². The smallest absolute Gasteiger partial charge is 0.0992 e. The zero-order valence-electron chi connectivity index (χ0n) is 11.0. The molecule has 2 saturated carbocycles. The highest BCUT2D eigenvalue weighted by atomic mass is 35.5. The van der Waals surface area contributed by atoms with Gasteiger partial charge < -0.3 is 5.32 Å². The molecule has 1 aromatic rings. The first-order valence-corrected chi connectivity index (χ1v) is 7.55.